The summed E-state index contributed by atoms with van der Waals surface area (Å²) in [7, 11) is -1.70. The van der Waals surface area contributed by atoms with E-state index in [1.165, 1.54) is 12.3 Å². The summed E-state index contributed by atoms with van der Waals surface area (Å²) in [5, 5.41) is 2.76. The maximum atomic E-state index is 13.3. The topological polar surface area (TPSA) is 79.0 Å². The molecule has 1 unspecified atom stereocenters. The molecule has 3 aliphatic heterocycles. The number of cyclic esters (lactones) is 1. The van der Waals surface area contributed by atoms with Gasteiger partial charge in [-0.3, -0.25) is 4.21 Å². The number of nitrogens with one attached hydrogen (secondary N) is 1. The van der Waals surface area contributed by atoms with E-state index in [0.29, 0.717) is 38.2 Å². The summed E-state index contributed by atoms with van der Waals surface area (Å²) in [5.74, 6) is 0.282. The van der Waals surface area contributed by atoms with Gasteiger partial charge in [0.15, 0.2) is 0 Å². The van der Waals surface area contributed by atoms with Crippen molar-refractivity contribution in [3.05, 3.63) is 29.3 Å². The van der Waals surface area contributed by atoms with Crippen molar-refractivity contribution < 1.29 is 31.7 Å². The van der Waals surface area contributed by atoms with Crippen molar-refractivity contribution in [2.75, 3.05) is 39.0 Å². The van der Waals surface area contributed by atoms with Gasteiger partial charge in [0, 0.05) is 24.8 Å². The van der Waals surface area contributed by atoms with Crippen LogP contribution in [0.15, 0.2) is 23.1 Å². The number of hydrogen-bond donors (Lipinski definition) is 1. The first-order valence-corrected chi connectivity index (χ1v) is 12.1. The molecule has 4 aliphatic rings. The van der Waals surface area contributed by atoms with Crippen LogP contribution in [0.2, 0.25) is 0 Å². The zero-order valence-electron chi connectivity index (χ0n) is 17.5. The van der Waals surface area contributed by atoms with Gasteiger partial charge in [0.25, 0.3) is 0 Å². The second kappa shape index (κ2) is 7.10. The van der Waals surface area contributed by atoms with Gasteiger partial charge in [-0.15, -0.1) is 0 Å². The van der Waals surface area contributed by atoms with Crippen LogP contribution in [-0.4, -0.2) is 70.7 Å². The van der Waals surface area contributed by atoms with Crippen molar-refractivity contribution >= 4 is 22.9 Å². The molecule has 1 aromatic rings. The summed E-state index contributed by atoms with van der Waals surface area (Å²) < 4.78 is 56.6. The highest BCUT2D eigenvalue weighted by atomic mass is 32.2. The van der Waals surface area contributed by atoms with Gasteiger partial charge in [-0.05, 0) is 42.9 Å². The maximum absolute atomic E-state index is 13.3. The van der Waals surface area contributed by atoms with Crippen molar-refractivity contribution in [2.45, 2.75) is 35.9 Å². The molecule has 0 radical (unpaired) electrons. The molecule has 174 valence electrons. The van der Waals surface area contributed by atoms with Crippen LogP contribution in [0.4, 0.5) is 22.8 Å². The zero-order chi connectivity index (χ0) is 22.9. The molecule has 3 saturated heterocycles. The average molecular weight is 472 g/mol. The lowest BCUT2D eigenvalue weighted by Gasteiger charge is -2.61. The fourth-order valence-corrected chi connectivity index (χ4v) is 6.40. The van der Waals surface area contributed by atoms with E-state index in [9.17, 15) is 27.0 Å². The molecule has 3 heterocycles. The standard InChI is InChI=1S/C21H24F3N3O4S/c1-32(30)16-3-2-13(5-15(16)21(22,23)24)4-14-6-19(7-14)8-26(9-19)18(29)27-10-20(11-27)12-31-17(28)25-20/h2-3,5,14H,4,6-12H2,1H3,(H,25,28). The van der Waals surface area contributed by atoms with E-state index in [-0.39, 0.29) is 28.9 Å². The van der Waals surface area contributed by atoms with E-state index >= 15 is 0 Å². The van der Waals surface area contributed by atoms with Gasteiger partial charge in [-0.25, -0.2) is 9.59 Å². The van der Waals surface area contributed by atoms with Crippen LogP contribution < -0.4 is 5.32 Å². The lowest BCUT2D eigenvalue weighted by Crippen LogP contribution is -2.74. The molecular formula is C21H24F3N3O4S. The van der Waals surface area contributed by atoms with Crippen LogP contribution >= 0.6 is 0 Å². The van der Waals surface area contributed by atoms with E-state index in [1.807, 2.05) is 0 Å². The summed E-state index contributed by atoms with van der Waals surface area (Å²) in [6.07, 6.45) is -1.41. The molecule has 1 aromatic carbocycles. The first-order valence-electron chi connectivity index (χ1n) is 10.5. The zero-order valence-corrected chi connectivity index (χ0v) is 18.4. The lowest BCUT2D eigenvalue weighted by molar-refractivity contribution is -0.139. The number of amides is 3. The third-order valence-electron chi connectivity index (χ3n) is 7.05. The number of benzene rings is 1. The predicted molar refractivity (Wildman–Crippen MR) is 108 cm³/mol. The Balaban J connectivity index is 1.12. The Morgan fingerprint density at radius 3 is 2.44 bits per heavy atom. The second-order valence-electron chi connectivity index (χ2n) is 9.74. The van der Waals surface area contributed by atoms with Gasteiger partial charge in [0.05, 0.1) is 34.3 Å². The molecule has 0 aromatic heterocycles. The number of carbonyl (C=O) groups excluding carboxylic acids is 2. The number of likely N-dealkylation sites (tertiary alicyclic amines) is 2. The second-order valence-corrected chi connectivity index (χ2v) is 11.1. The monoisotopic (exact) mass is 471 g/mol. The largest absolute Gasteiger partial charge is 0.447 e. The van der Waals surface area contributed by atoms with Crippen LogP contribution in [0, 0.1) is 11.3 Å². The highest BCUT2D eigenvalue weighted by Crippen LogP contribution is 2.53. The minimum Gasteiger partial charge on any atom is -0.447 e. The van der Waals surface area contributed by atoms with Crippen LogP contribution in [0.1, 0.15) is 24.0 Å². The van der Waals surface area contributed by atoms with E-state index in [0.717, 1.165) is 18.9 Å². The Morgan fingerprint density at radius 1 is 1.22 bits per heavy atom. The average Bonchev–Trinajstić information content (AvgIpc) is 3.02. The molecule has 1 saturated carbocycles. The summed E-state index contributed by atoms with van der Waals surface area (Å²) in [5.41, 5.74) is -0.580. The number of alkyl carbamates (subject to hydrolysis) is 1. The molecule has 3 amide bonds. The Labute approximate surface area is 185 Å². The number of rotatable bonds is 3. The van der Waals surface area contributed by atoms with Crippen LogP contribution in [0.3, 0.4) is 0 Å². The molecule has 4 fully saturated rings. The highest BCUT2D eigenvalue weighted by Gasteiger charge is 2.57. The summed E-state index contributed by atoms with van der Waals surface area (Å²) in [6.45, 7) is 2.51. The fourth-order valence-electron chi connectivity index (χ4n) is 5.66. The van der Waals surface area contributed by atoms with Gasteiger partial charge < -0.3 is 19.9 Å². The quantitative estimate of drug-likeness (QED) is 0.735. The van der Waals surface area contributed by atoms with E-state index < -0.39 is 34.2 Å². The van der Waals surface area contributed by atoms with Crippen LogP contribution in [0.25, 0.3) is 0 Å². The molecule has 2 spiro atoms. The smallest absolute Gasteiger partial charge is 0.417 e. The van der Waals surface area contributed by atoms with Gasteiger partial charge in [-0.2, -0.15) is 13.2 Å². The number of carbonyl (C=O) groups is 2. The Hall–Kier alpha value is -2.30. The highest BCUT2D eigenvalue weighted by molar-refractivity contribution is 7.84. The van der Waals surface area contributed by atoms with E-state index in [4.69, 9.17) is 4.74 Å². The first kappa shape index (κ1) is 21.5. The maximum Gasteiger partial charge on any atom is 0.417 e. The SMILES string of the molecule is CS(=O)c1ccc(CC2CC3(C2)CN(C(=O)N2CC4(COC(=O)N4)C2)C3)cc1C(F)(F)F. The van der Waals surface area contributed by atoms with Crippen molar-refractivity contribution in [1.82, 2.24) is 15.1 Å². The Kier molecular flexibility index (Phi) is 4.78. The lowest BCUT2D eigenvalue weighted by atomic mass is 9.56. The molecule has 5 rings (SSSR count). The van der Waals surface area contributed by atoms with Gasteiger partial charge in [0.1, 0.15) is 12.1 Å². The Morgan fingerprint density at radius 2 is 1.88 bits per heavy atom. The van der Waals surface area contributed by atoms with Gasteiger partial charge >= 0.3 is 18.3 Å². The van der Waals surface area contributed by atoms with Crippen molar-refractivity contribution in [2.24, 2.45) is 11.3 Å². The summed E-state index contributed by atoms with van der Waals surface area (Å²) in [4.78, 5) is 27.2. The van der Waals surface area contributed by atoms with Gasteiger partial charge in [0.2, 0.25) is 0 Å². The predicted octanol–water partition coefficient (Wildman–Crippen LogP) is 2.61. The Bertz CT molecular complexity index is 994. The molecule has 7 nitrogen and oxygen atoms in total. The third-order valence-corrected chi connectivity index (χ3v) is 8.03. The van der Waals surface area contributed by atoms with Crippen molar-refractivity contribution in [3.8, 4) is 0 Å². The number of alkyl halides is 3. The number of nitrogens with zero attached hydrogens (tertiary/aromatic N) is 2. The normalized spacial score (nSPS) is 24.4. The fraction of sp³-hybridized carbons (Fsp3) is 0.619. The van der Waals surface area contributed by atoms with E-state index in [1.54, 1.807) is 15.9 Å². The first-order chi connectivity index (χ1) is 15.0. The number of halogens is 3. The van der Waals surface area contributed by atoms with Crippen molar-refractivity contribution in [1.29, 1.82) is 0 Å². The molecule has 11 heteroatoms. The minimum atomic E-state index is -4.53. The summed E-state index contributed by atoms with van der Waals surface area (Å²) >= 11 is 0. The molecular weight excluding hydrogens is 447 g/mol. The van der Waals surface area contributed by atoms with Crippen LogP contribution in [0.5, 0.6) is 0 Å². The third kappa shape index (κ3) is 3.64. The number of ether oxygens (including phenoxy) is 1. The van der Waals surface area contributed by atoms with Gasteiger partial charge in [-0.1, -0.05) is 6.07 Å². The summed E-state index contributed by atoms with van der Waals surface area (Å²) in [6, 6.07) is 4.05. The minimum absolute atomic E-state index is 0.0381. The molecule has 1 N–H and O–H groups in total. The molecule has 1 aliphatic carbocycles. The molecule has 0 bridgehead atoms. The number of hydrogen-bond acceptors (Lipinski definition) is 4. The van der Waals surface area contributed by atoms with Crippen molar-refractivity contribution in [3.63, 3.8) is 0 Å². The van der Waals surface area contributed by atoms with Crippen LogP contribution in [-0.2, 0) is 28.1 Å². The number of urea groups is 1. The molecule has 1 atom stereocenters. The molecule has 32 heavy (non-hydrogen) atoms. The van der Waals surface area contributed by atoms with E-state index in [2.05, 4.69) is 5.32 Å².